The van der Waals surface area contributed by atoms with Gasteiger partial charge in [0.2, 0.25) is 10.0 Å². The molecule has 0 amide bonds. The van der Waals surface area contributed by atoms with Crippen LogP contribution >= 0.6 is 0 Å². The molecule has 7 heteroatoms. The maximum absolute atomic E-state index is 11.8. The van der Waals surface area contributed by atoms with Crippen molar-refractivity contribution in [1.29, 1.82) is 5.26 Å². The van der Waals surface area contributed by atoms with Crippen LogP contribution < -0.4 is 4.72 Å². The molecule has 1 rings (SSSR count). The van der Waals surface area contributed by atoms with Crippen LogP contribution in [0.1, 0.15) is 31.0 Å². The van der Waals surface area contributed by atoms with E-state index in [2.05, 4.69) is 4.72 Å². The van der Waals surface area contributed by atoms with Crippen molar-refractivity contribution >= 4 is 22.1 Å². The van der Waals surface area contributed by atoms with E-state index in [4.69, 9.17) is 10.4 Å². The van der Waals surface area contributed by atoms with Gasteiger partial charge in [0, 0.05) is 12.1 Å². The molecule has 2 atom stereocenters. The smallest absolute Gasteiger partial charge is 0.328 e. The lowest BCUT2D eigenvalue weighted by molar-refractivity contribution is -0.131. The second-order valence-corrected chi connectivity index (χ2v) is 6.53. The van der Waals surface area contributed by atoms with Crippen molar-refractivity contribution in [2.24, 2.45) is 0 Å². The zero-order valence-electron chi connectivity index (χ0n) is 11.6. The first-order valence-electron chi connectivity index (χ1n) is 6.18. The largest absolute Gasteiger partial charge is 0.478 e. The summed E-state index contributed by atoms with van der Waals surface area (Å²) in [6, 6.07) is 7.98. The third-order valence-electron chi connectivity index (χ3n) is 2.82. The van der Waals surface area contributed by atoms with Gasteiger partial charge in [-0.1, -0.05) is 24.3 Å². The predicted molar refractivity (Wildman–Crippen MR) is 78.7 cm³/mol. The van der Waals surface area contributed by atoms with Crippen LogP contribution in [0.4, 0.5) is 0 Å². The Bertz CT molecular complexity index is 689. The van der Waals surface area contributed by atoms with E-state index >= 15 is 0 Å². The van der Waals surface area contributed by atoms with Crippen LogP contribution in [-0.4, -0.2) is 24.7 Å². The Kier molecular flexibility index (Phi) is 5.64. The quantitative estimate of drug-likeness (QED) is 0.777. The minimum absolute atomic E-state index is 0.524. The minimum atomic E-state index is -3.72. The Labute approximate surface area is 123 Å². The summed E-state index contributed by atoms with van der Waals surface area (Å²) in [7, 11) is -3.72. The Balaban J connectivity index is 2.94. The highest BCUT2D eigenvalue weighted by Gasteiger charge is 2.22. The predicted octanol–water partition coefficient (Wildman–Crippen LogP) is 1.68. The summed E-state index contributed by atoms with van der Waals surface area (Å²) >= 11 is 0. The summed E-state index contributed by atoms with van der Waals surface area (Å²) in [6.07, 6.45) is 2.43. The fourth-order valence-corrected chi connectivity index (χ4v) is 2.56. The maximum atomic E-state index is 11.8. The Hall–Kier alpha value is -2.17. The number of aliphatic carboxylic acids is 1. The van der Waals surface area contributed by atoms with E-state index in [1.165, 1.54) is 13.0 Å². The first-order chi connectivity index (χ1) is 9.76. The SMILES string of the molecule is CC(NS(=O)(=O)C(C)C#N)c1cccc(C=CC(=O)O)c1. The molecule has 2 N–H and O–H groups in total. The van der Waals surface area contributed by atoms with E-state index in [0.29, 0.717) is 11.1 Å². The number of carboxylic acids is 1. The summed E-state index contributed by atoms with van der Waals surface area (Å²) in [5.41, 5.74) is 1.32. The average molecular weight is 308 g/mol. The normalized spacial score (nSPS) is 14.5. The lowest BCUT2D eigenvalue weighted by Gasteiger charge is -2.16. The summed E-state index contributed by atoms with van der Waals surface area (Å²) < 4.78 is 26.1. The van der Waals surface area contributed by atoms with Gasteiger partial charge < -0.3 is 5.11 Å². The molecule has 2 unspecified atom stereocenters. The topological polar surface area (TPSA) is 107 Å². The number of rotatable bonds is 6. The van der Waals surface area contributed by atoms with Gasteiger partial charge in [0.15, 0.2) is 5.25 Å². The van der Waals surface area contributed by atoms with Gasteiger partial charge in [-0.3, -0.25) is 0 Å². The molecule has 0 radical (unpaired) electrons. The molecular formula is C14H16N2O4S. The lowest BCUT2D eigenvalue weighted by Crippen LogP contribution is -2.33. The van der Waals surface area contributed by atoms with Gasteiger partial charge in [0.1, 0.15) is 0 Å². The average Bonchev–Trinajstić information content (AvgIpc) is 2.44. The van der Waals surface area contributed by atoms with Crippen LogP contribution in [0.25, 0.3) is 6.08 Å². The van der Waals surface area contributed by atoms with E-state index in [1.807, 2.05) is 0 Å². The van der Waals surface area contributed by atoms with Gasteiger partial charge >= 0.3 is 5.97 Å². The monoisotopic (exact) mass is 308 g/mol. The molecule has 0 aliphatic rings. The lowest BCUT2D eigenvalue weighted by atomic mass is 10.1. The zero-order chi connectivity index (χ0) is 16.0. The molecule has 0 aliphatic carbocycles. The molecule has 0 spiro atoms. The molecular weight excluding hydrogens is 292 g/mol. The number of nitrogens with zero attached hydrogens (tertiary/aromatic N) is 1. The molecule has 0 aliphatic heterocycles. The van der Waals surface area contributed by atoms with Gasteiger partial charge in [0.25, 0.3) is 0 Å². The second-order valence-electron chi connectivity index (χ2n) is 4.50. The molecule has 0 heterocycles. The maximum Gasteiger partial charge on any atom is 0.328 e. The third kappa shape index (κ3) is 5.02. The van der Waals surface area contributed by atoms with Crippen molar-refractivity contribution in [2.45, 2.75) is 25.1 Å². The standard InChI is InChI=1S/C14H16N2O4S/c1-10(9-15)21(19,20)16-11(2)13-5-3-4-12(8-13)6-7-14(17)18/h3-8,10-11,16H,1-2H3,(H,17,18). The van der Waals surface area contributed by atoms with E-state index in [1.54, 1.807) is 37.3 Å². The van der Waals surface area contributed by atoms with E-state index in [-0.39, 0.29) is 0 Å². The van der Waals surface area contributed by atoms with E-state index in [9.17, 15) is 13.2 Å². The van der Waals surface area contributed by atoms with Gasteiger partial charge in [0.05, 0.1) is 6.07 Å². The highest BCUT2D eigenvalue weighted by Crippen LogP contribution is 2.17. The zero-order valence-corrected chi connectivity index (χ0v) is 12.5. The fraction of sp³-hybridized carbons (Fsp3) is 0.286. The van der Waals surface area contributed by atoms with Crippen LogP contribution in [0.15, 0.2) is 30.3 Å². The first-order valence-corrected chi connectivity index (χ1v) is 7.72. The first kappa shape index (κ1) is 16.9. The van der Waals surface area contributed by atoms with Crippen molar-refractivity contribution in [1.82, 2.24) is 4.72 Å². The molecule has 6 nitrogen and oxygen atoms in total. The number of sulfonamides is 1. The third-order valence-corrected chi connectivity index (χ3v) is 4.54. The molecule has 0 fully saturated rings. The molecule has 0 saturated heterocycles. The summed E-state index contributed by atoms with van der Waals surface area (Å²) in [5, 5.41) is 16.1. The number of hydrogen-bond acceptors (Lipinski definition) is 4. The van der Waals surface area contributed by atoms with Crippen molar-refractivity contribution < 1.29 is 18.3 Å². The molecule has 112 valence electrons. The molecule has 1 aromatic rings. The van der Waals surface area contributed by atoms with Gasteiger partial charge in [-0.25, -0.2) is 17.9 Å². The van der Waals surface area contributed by atoms with Crippen molar-refractivity contribution in [3.8, 4) is 6.07 Å². The molecule has 1 aromatic carbocycles. The van der Waals surface area contributed by atoms with Gasteiger partial charge in [-0.2, -0.15) is 5.26 Å². The number of nitrogens with one attached hydrogen (secondary N) is 1. The number of hydrogen-bond donors (Lipinski definition) is 2. The Morgan fingerprint density at radius 1 is 1.43 bits per heavy atom. The highest BCUT2D eigenvalue weighted by molar-refractivity contribution is 7.90. The van der Waals surface area contributed by atoms with Crippen LogP contribution in [0, 0.1) is 11.3 Å². The van der Waals surface area contributed by atoms with Crippen molar-refractivity contribution in [3.05, 3.63) is 41.5 Å². The van der Waals surface area contributed by atoms with Crippen LogP contribution in [0.3, 0.4) is 0 Å². The molecule has 0 aromatic heterocycles. The fourth-order valence-electron chi connectivity index (χ4n) is 1.59. The number of carbonyl (C=O) groups is 1. The van der Waals surface area contributed by atoms with Crippen LogP contribution in [0.2, 0.25) is 0 Å². The Morgan fingerprint density at radius 3 is 2.67 bits per heavy atom. The summed E-state index contributed by atoms with van der Waals surface area (Å²) in [4.78, 5) is 10.5. The molecule has 0 saturated carbocycles. The van der Waals surface area contributed by atoms with Gasteiger partial charge in [-0.05, 0) is 31.1 Å². The number of benzene rings is 1. The van der Waals surface area contributed by atoms with E-state index < -0.39 is 27.3 Å². The highest BCUT2D eigenvalue weighted by atomic mass is 32.2. The number of nitriles is 1. The Morgan fingerprint density at radius 2 is 2.10 bits per heavy atom. The van der Waals surface area contributed by atoms with Crippen LogP contribution in [0.5, 0.6) is 0 Å². The van der Waals surface area contributed by atoms with Gasteiger partial charge in [-0.15, -0.1) is 0 Å². The summed E-state index contributed by atoms with van der Waals surface area (Å²) in [5.74, 6) is -1.06. The van der Waals surface area contributed by atoms with E-state index in [0.717, 1.165) is 6.08 Å². The second kappa shape index (κ2) is 7.02. The van der Waals surface area contributed by atoms with Crippen molar-refractivity contribution in [3.63, 3.8) is 0 Å². The van der Waals surface area contributed by atoms with Crippen molar-refractivity contribution in [2.75, 3.05) is 0 Å². The molecule has 21 heavy (non-hydrogen) atoms. The minimum Gasteiger partial charge on any atom is -0.478 e. The number of carboxylic acid groups (broad SMARTS) is 1. The van der Waals surface area contributed by atoms with Crippen LogP contribution in [-0.2, 0) is 14.8 Å². The summed E-state index contributed by atoms with van der Waals surface area (Å²) in [6.45, 7) is 2.96. The molecule has 0 bridgehead atoms.